The molecule has 5 rings (SSSR count). The molecule has 1 heterocycles. The highest BCUT2D eigenvalue weighted by atomic mass is 19.1. The first-order chi connectivity index (χ1) is 14.2. The zero-order valence-electron chi connectivity index (χ0n) is 16.7. The van der Waals surface area contributed by atoms with Gasteiger partial charge in [-0.3, -0.25) is 10.1 Å². The van der Waals surface area contributed by atoms with Crippen LogP contribution >= 0.6 is 0 Å². The summed E-state index contributed by atoms with van der Waals surface area (Å²) >= 11 is 0. The summed E-state index contributed by atoms with van der Waals surface area (Å²) in [5, 5.41) is 3.65. The summed E-state index contributed by atoms with van der Waals surface area (Å²) in [6, 6.07) is 15.3. The van der Waals surface area contributed by atoms with Crippen molar-refractivity contribution in [2.45, 2.75) is 63.7 Å². The largest absolute Gasteiger partial charge is 0.312 e. The van der Waals surface area contributed by atoms with Crippen LogP contribution in [0.2, 0.25) is 0 Å². The Hall–Kier alpha value is -2.46. The molecule has 0 saturated heterocycles. The first-order valence-electron chi connectivity index (χ1n) is 10.8. The molecule has 0 bridgehead atoms. The average molecular weight is 391 g/mol. The first kappa shape index (κ1) is 18.6. The van der Waals surface area contributed by atoms with Gasteiger partial charge in [0.1, 0.15) is 12.0 Å². The van der Waals surface area contributed by atoms with E-state index < -0.39 is 0 Å². The van der Waals surface area contributed by atoms with Crippen molar-refractivity contribution in [3.05, 3.63) is 82.2 Å². The lowest BCUT2D eigenvalue weighted by Crippen LogP contribution is -2.47. The van der Waals surface area contributed by atoms with Crippen LogP contribution in [-0.2, 0) is 17.8 Å². The number of halogens is 1. The normalized spacial score (nSPS) is 23.9. The van der Waals surface area contributed by atoms with Crippen LogP contribution in [0.1, 0.15) is 61.3 Å². The van der Waals surface area contributed by atoms with E-state index >= 15 is 0 Å². The Morgan fingerprint density at radius 2 is 1.76 bits per heavy atom. The van der Waals surface area contributed by atoms with Crippen molar-refractivity contribution in [2.24, 2.45) is 0 Å². The lowest BCUT2D eigenvalue weighted by atomic mass is 9.86. The summed E-state index contributed by atoms with van der Waals surface area (Å²) in [4.78, 5) is 15.6. The SMILES string of the molecule is O=C1C2=C(CCCC2)[C@H](NCc2ccc(F)cc2)N1[C@@H]1CCCc2ccccc21. The Morgan fingerprint density at radius 1 is 0.966 bits per heavy atom. The molecule has 2 aromatic rings. The second kappa shape index (κ2) is 7.75. The van der Waals surface area contributed by atoms with Gasteiger partial charge >= 0.3 is 0 Å². The third-order valence-electron chi connectivity index (χ3n) is 6.70. The highest BCUT2D eigenvalue weighted by Crippen LogP contribution is 2.43. The van der Waals surface area contributed by atoms with Gasteiger partial charge < -0.3 is 4.90 Å². The summed E-state index contributed by atoms with van der Waals surface area (Å²) in [5.74, 6) is 0.000479. The average Bonchev–Trinajstić information content (AvgIpc) is 3.05. The maximum Gasteiger partial charge on any atom is 0.251 e. The summed E-state index contributed by atoms with van der Waals surface area (Å²) in [7, 11) is 0. The lowest BCUT2D eigenvalue weighted by Gasteiger charge is -2.38. The van der Waals surface area contributed by atoms with Crippen LogP contribution in [0.3, 0.4) is 0 Å². The summed E-state index contributed by atoms with van der Waals surface area (Å²) in [6.07, 6.45) is 7.30. The summed E-state index contributed by atoms with van der Waals surface area (Å²) in [6.45, 7) is 0.625. The van der Waals surface area contributed by atoms with Crippen molar-refractivity contribution in [3.8, 4) is 0 Å². The Labute approximate surface area is 171 Å². The van der Waals surface area contributed by atoms with E-state index in [0.717, 1.165) is 56.1 Å². The van der Waals surface area contributed by atoms with E-state index in [-0.39, 0.29) is 23.9 Å². The van der Waals surface area contributed by atoms with Gasteiger partial charge in [-0.05, 0) is 79.3 Å². The van der Waals surface area contributed by atoms with E-state index in [0.29, 0.717) is 6.54 Å². The van der Waals surface area contributed by atoms with Crippen molar-refractivity contribution in [1.29, 1.82) is 0 Å². The molecule has 3 nitrogen and oxygen atoms in total. The number of hydrogen-bond acceptors (Lipinski definition) is 2. The van der Waals surface area contributed by atoms with Gasteiger partial charge in [-0.25, -0.2) is 4.39 Å². The Kier molecular flexibility index (Phi) is 4.96. The molecular weight excluding hydrogens is 363 g/mol. The maximum atomic E-state index is 13.5. The Morgan fingerprint density at radius 3 is 2.62 bits per heavy atom. The molecule has 0 aromatic heterocycles. The van der Waals surface area contributed by atoms with Gasteiger partial charge in [-0.1, -0.05) is 36.4 Å². The smallest absolute Gasteiger partial charge is 0.251 e. The third kappa shape index (κ3) is 3.40. The lowest BCUT2D eigenvalue weighted by molar-refractivity contribution is -0.130. The number of nitrogens with one attached hydrogen (secondary N) is 1. The number of carbonyl (C=O) groups excluding carboxylic acids is 1. The standard InChI is InChI=1S/C25H27FN2O/c26-19-14-12-17(13-15-19)16-27-24-21-9-3-4-10-22(21)25(29)28(24)23-11-5-7-18-6-1-2-8-20(18)23/h1-2,6,8,12-15,23-24,27H,3-5,7,9-11,16H2/t23-,24-/m1/s1. The van der Waals surface area contributed by atoms with Crippen molar-refractivity contribution in [2.75, 3.05) is 0 Å². The van der Waals surface area contributed by atoms with Crippen molar-refractivity contribution >= 4 is 5.91 Å². The van der Waals surface area contributed by atoms with Gasteiger partial charge in [0.2, 0.25) is 0 Å². The number of carbonyl (C=O) groups is 1. The van der Waals surface area contributed by atoms with E-state index in [9.17, 15) is 9.18 Å². The number of nitrogens with zero attached hydrogens (tertiary/aromatic N) is 1. The Bertz CT molecular complexity index is 950. The van der Waals surface area contributed by atoms with Crippen molar-refractivity contribution in [1.82, 2.24) is 10.2 Å². The van der Waals surface area contributed by atoms with E-state index in [4.69, 9.17) is 0 Å². The zero-order chi connectivity index (χ0) is 19.8. The fourth-order valence-electron chi connectivity index (χ4n) is 5.29. The highest BCUT2D eigenvalue weighted by Gasteiger charge is 2.44. The van der Waals surface area contributed by atoms with Gasteiger partial charge in [0.15, 0.2) is 0 Å². The highest BCUT2D eigenvalue weighted by molar-refractivity contribution is 5.98. The second-order valence-corrected chi connectivity index (χ2v) is 8.44. The van der Waals surface area contributed by atoms with Crippen LogP contribution < -0.4 is 5.32 Å². The topological polar surface area (TPSA) is 32.3 Å². The van der Waals surface area contributed by atoms with Gasteiger partial charge in [-0.2, -0.15) is 0 Å². The fraction of sp³-hybridized carbons (Fsp3) is 0.400. The van der Waals surface area contributed by atoms with Crippen molar-refractivity contribution < 1.29 is 9.18 Å². The summed E-state index contributed by atoms with van der Waals surface area (Å²) in [5.41, 5.74) is 6.04. The van der Waals surface area contributed by atoms with E-state index in [1.54, 1.807) is 0 Å². The molecule has 2 atom stereocenters. The monoisotopic (exact) mass is 390 g/mol. The van der Waals surface area contributed by atoms with Crippen LogP contribution in [0.15, 0.2) is 59.7 Å². The predicted molar refractivity (Wildman–Crippen MR) is 111 cm³/mol. The molecule has 1 N–H and O–H groups in total. The van der Waals surface area contributed by atoms with Crippen LogP contribution in [0.4, 0.5) is 4.39 Å². The number of rotatable bonds is 4. The minimum absolute atomic E-state index is 0.0565. The molecule has 0 spiro atoms. The molecule has 1 amide bonds. The van der Waals surface area contributed by atoms with Gasteiger partial charge in [0.25, 0.3) is 5.91 Å². The Balaban J connectivity index is 1.46. The molecule has 0 unspecified atom stereocenters. The molecule has 2 aliphatic carbocycles. The van der Waals surface area contributed by atoms with Crippen LogP contribution in [0.25, 0.3) is 0 Å². The van der Waals surface area contributed by atoms with E-state index in [2.05, 4.69) is 34.5 Å². The molecule has 150 valence electrons. The van der Waals surface area contributed by atoms with E-state index in [1.165, 1.54) is 28.8 Å². The molecule has 29 heavy (non-hydrogen) atoms. The molecule has 0 saturated carbocycles. The number of benzene rings is 2. The second-order valence-electron chi connectivity index (χ2n) is 8.44. The number of hydrogen-bond donors (Lipinski definition) is 1. The van der Waals surface area contributed by atoms with Gasteiger partial charge in [0.05, 0.1) is 6.04 Å². The predicted octanol–water partition coefficient (Wildman–Crippen LogP) is 5.03. The third-order valence-corrected chi connectivity index (χ3v) is 6.70. The maximum absolute atomic E-state index is 13.5. The molecule has 3 aliphatic rings. The van der Waals surface area contributed by atoms with Gasteiger partial charge in [-0.15, -0.1) is 0 Å². The summed E-state index contributed by atoms with van der Waals surface area (Å²) < 4.78 is 13.3. The van der Waals surface area contributed by atoms with Crippen LogP contribution in [-0.4, -0.2) is 17.0 Å². The van der Waals surface area contributed by atoms with Crippen molar-refractivity contribution in [3.63, 3.8) is 0 Å². The molecule has 2 aromatic carbocycles. The minimum atomic E-state index is -0.220. The first-order valence-corrected chi connectivity index (χ1v) is 10.8. The van der Waals surface area contributed by atoms with Crippen LogP contribution in [0, 0.1) is 5.82 Å². The fourth-order valence-corrected chi connectivity index (χ4v) is 5.29. The minimum Gasteiger partial charge on any atom is -0.312 e. The van der Waals surface area contributed by atoms with E-state index in [1.807, 2.05) is 12.1 Å². The number of amides is 1. The molecule has 4 heteroatoms. The molecule has 0 fully saturated rings. The van der Waals surface area contributed by atoms with Crippen LogP contribution in [0.5, 0.6) is 0 Å². The molecule has 1 aliphatic heterocycles. The molecule has 0 radical (unpaired) electrons. The van der Waals surface area contributed by atoms with Gasteiger partial charge in [0, 0.05) is 12.1 Å². The number of fused-ring (bicyclic) bond motifs is 1. The number of aryl methyl sites for hydroxylation is 1. The zero-order valence-corrected chi connectivity index (χ0v) is 16.7. The quantitative estimate of drug-likeness (QED) is 0.794. The molecular formula is C25H27FN2O.